The Bertz CT molecular complexity index is 715. The number of benzene rings is 2. The van der Waals surface area contributed by atoms with E-state index in [1.165, 1.54) is 0 Å². The number of amides is 1. The van der Waals surface area contributed by atoms with Crippen molar-refractivity contribution in [1.29, 1.82) is 0 Å². The molecule has 0 saturated carbocycles. The lowest BCUT2D eigenvalue weighted by Gasteiger charge is -2.07. The van der Waals surface area contributed by atoms with E-state index in [1.54, 1.807) is 5.41 Å². The van der Waals surface area contributed by atoms with Crippen LogP contribution in [0, 0.1) is 0 Å². The van der Waals surface area contributed by atoms with Crippen LogP contribution in [-0.2, 0) is 21.7 Å². The minimum Gasteiger partial charge on any atom is -0.612 e. The number of carbonyl (C=O) groups excluding carboxylic acids is 1. The Kier molecular flexibility index (Phi) is 4.14. The summed E-state index contributed by atoms with van der Waals surface area (Å²) in [5, 5.41) is 4.32. The van der Waals surface area contributed by atoms with E-state index in [0.29, 0.717) is 11.3 Å². The van der Waals surface area contributed by atoms with Gasteiger partial charge in [-0.15, -0.1) is 0 Å². The molecule has 1 aliphatic heterocycles. The fourth-order valence-electron chi connectivity index (χ4n) is 2.19. The molecule has 0 aliphatic carbocycles. The van der Waals surface area contributed by atoms with Crippen LogP contribution >= 0.6 is 15.9 Å². The van der Waals surface area contributed by atoms with Gasteiger partial charge in [-0.25, -0.2) is 0 Å². The van der Waals surface area contributed by atoms with Gasteiger partial charge in [-0.05, 0) is 29.4 Å². The molecule has 1 unspecified atom stereocenters. The molecule has 0 aromatic heterocycles. The minimum atomic E-state index is -1.23. The van der Waals surface area contributed by atoms with E-state index in [1.807, 2.05) is 48.5 Å². The highest BCUT2D eigenvalue weighted by Gasteiger charge is 2.26. The molecule has 0 saturated heterocycles. The third-order valence-corrected chi connectivity index (χ3v) is 4.78. The van der Waals surface area contributed by atoms with Crippen LogP contribution in [0.4, 0.5) is 5.69 Å². The van der Waals surface area contributed by atoms with Crippen molar-refractivity contribution in [1.82, 2.24) is 0 Å². The Morgan fingerprint density at radius 1 is 1.19 bits per heavy atom. The first-order valence-corrected chi connectivity index (χ1v) is 8.55. The summed E-state index contributed by atoms with van der Waals surface area (Å²) in [4.78, 5) is 12.0. The number of hydrogen-bond acceptors (Lipinski definition) is 2. The lowest BCUT2D eigenvalue weighted by Crippen LogP contribution is -2.07. The third kappa shape index (κ3) is 3.20. The molecule has 1 atom stereocenters. The molecule has 106 valence electrons. The molecule has 2 aromatic rings. The summed E-state index contributed by atoms with van der Waals surface area (Å²) in [6.45, 7) is 0. The molecular weight excluding hydrogens is 350 g/mol. The quantitative estimate of drug-likeness (QED) is 0.669. The summed E-state index contributed by atoms with van der Waals surface area (Å²) >= 11 is 2.16. The lowest BCUT2D eigenvalue weighted by molar-refractivity contribution is -0.110. The molecule has 0 bridgehead atoms. The van der Waals surface area contributed by atoms with E-state index in [2.05, 4.69) is 21.2 Å². The zero-order chi connectivity index (χ0) is 14.8. The van der Waals surface area contributed by atoms with Crippen molar-refractivity contribution in [2.45, 2.75) is 5.75 Å². The number of fused-ring (bicyclic) bond motifs is 1. The number of carbonyl (C=O) groups is 1. The van der Waals surface area contributed by atoms with Crippen LogP contribution in [0.25, 0.3) is 5.57 Å². The molecule has 5 heteroatoms. The maximum atomic E-state index is 12.3. The minimum absolute atomic E-state index is 0.204. The van der Waals surface area contributed by atoms with Crippen LogP contribution in [0.3, 0.4) is 0 Å². The van der Waals surface area contributed by atoms with E-state index in [9.17, 15) is 9.35 Å². The molecule has 3 rings (SSSR count). The smallest absolute Gasteiger partial charge is 0.260 e. The Balaban J connectivity index is 1.86. The molecule has 21 heavy (non-hydrogen) atoms. The van der Waals surface area contributed by atoms with Gasteiger partial charge in [-0.2, -0.15) is 0 Å². The van der Waals surface area contributed by atoms with Crippen LogP contribution in [-0.4, -0.2) is 10.5 Å². The molecule has 1 heterocycles. The van der Waals surface area contributed by atoms with E-state index in [0.717, 1.165) is 21.3 Å². The van der Waals surface area contributed by atoms with Crippen LogP contribution in [0.5, 0.6) is 0 Å². The second-order valence-electron chi connectivity index (χ2n) is 4.69. The fourth-order valence-corrected chi connectivity index (χ4v) is 3.65. The molecule has 1 N–H and O–H groups in total. The maximum absolute atomic E-state index is 12.3. The van der Waals surface area contributed by atoms with Crippen molar-refractivity contribution < 1.29 is 9.35 Å². The van der Waals surface area contributed by atoms with Crippen molar-refractivity contribution in [2.75, 3.05) is 5.32 Å². The normalized spacial score (nSPS) is 16.7. The van der Waals surface area contributed by atoms with Gasteiger partial charge in [0.25, 0.3) is 5.91 Å². The van der Waals surface area contributed by atoms with Crippen molar-refractivity contribution >= 4 is 44.3 Å². The maximum Gasteiger partial charge on any atom is 0.260 e. The monoisotopic (exact) mass is 361 g/mol. The molecule has 0 spiro atoms. The van der Waals surface area contributed by atoms with E-state index in [-0.39, 0.29) is 5.91 Å². The van der Waals surface area contributed by atoms with Gasteiger partial charge in [0.15, 0.2) is 0 Å². The van der Waals surface area contributed by atoms with Crippen LogP contribution in [0.2, 0.25) is 0 Å². The van der Waals surface area contributed by atoms with E-state index < -0.39 is 11.2 Å². The number of rotatable bonds is 3. The van der Waals surface area contributed by atoms with Gasteiger partial charge < -0.3 is 9.87 Å². The Hall–Kier alpha value is -1.56. The van der Waals surface area contributed by atoms with Gasteiger partial charge in [0, 0.05) is 21.3 Å². The fraction of sp³-hybridized carbons (Fsp3) is 0.0625. The van der Waals surface area contributed by atoms with Crippen molar-refractivity contribution in [2.24, 2.45) is 0 Å². The van der Waals surface area contributed by atoms with Crippen molar-refractivity contribution in [3.8, 4) is 0 Å². The Morgan fingerprint density at radius 2 is 1.95 bits per heavy atom. The average molecular weight is 362 g/mol. The standard InChI is InChI=1S/C16H12BrNO2S/c17-12-6-7-15-13(8-12)14(16(19)18-15)10-21(20)9-11-4-2-1-3-5-11/h1-8,10H,9H2,(H,18,19). The van der Waals surface area contributed by atoms with E-state index >= 15 is 0 Å². The highest BCUT2D eigenvalue weighted by Crippen LogP contribution is 2.34. The van der Waals surface area contributed by atoms with Gasteiger partial charge in [0.1, 0.15) is 11.2 Å². The van der Waals surface area contributed by atoms with Gasteiger partial charge in [-0.3, -0.25) is 4.79 Å². The van der Waals surface area contributed by atoms with Gasteiger partial charge in [0.05, 0.1) is 5.57 Å². The van der Waals surface area contributed by atoms with Gasteiger partial charge in [0.2, 0.25) is 0 Å². The molecule has 0 fully saturated rings. The first-order chi connectivity index (χ1) is 10.1. The van der Waals surface area contributed by atoms with Crippen LogP contribution in [0.1, 0.15) is 11.1 Å². The summed E-state index contributed by atoms with van der Waals surface area (Å²) in [5.41, 5.74) is 3.00. The Labute approximate surface area is 134 Å². The van der Waals surface area contributed by atoms with E-state index in [4.69, 9.17) is 0 Å². The van der Waals surface area contributed by atoms with Crippen molar-refractivity contribution in [3.05, 3.63) is 69.5 Å². The molecule has 3 nitrogen and oxygen atoms in total. The molecule has 1 amide bonds. The molecule has 2 aromatic carbocycles. The number of halogens is 1. The van der Waals surface area contributed by atoms with Crippen LogP contribution in [0.15, 0.2) is 58.4 Å². The number of hydrogen-bond donors (Lipinski definition) is 1. The second-order valence-corrected chi connectivity index (χ2v) is 6.89. The predicted molar refractivity (Wildman–Crippen MR) is 89.0 cm³/mol. The van der Waals surface area contributed by atoms with Crippen LogP contribution < -0.4 is 5.32 Å². The number of anilines is 1. The van der Waals surface area contributed by atoms with Gasteiger partial charge in [-0.1, -0.05) is 46.3 Å². The predicted octanol–water partition coefficient (Wildman–Crippen LogP) is 3.69. The summed E-state index contributed by atoms with van der Waals surface area (Å²) in [5.74, 6) is 0.200. The third-order valence-electron chi connectivity index (χ3n) is 3.17. The Morgan fingerprint density at radius 3 is 2.71 bits per heavy atom. The topological polar surface area (TPSA) is 52.2 Å². The summed E-state index contributed by atoms with van der Waals surface area (Å²) < 4.78 is 13.1. The molecular formula is C16H12BrNO2S. The largest absolute Gasteiger partial charge is 0.612 e. The van der Waals surface area contributed by atoms with Gasteiger partial charge >= 0.3 is 0 Å². The van der Waals surface area contributed by atoms with Crippen molar-refractivity contribution in [3.63, 3.8) is 0 Å². The second kappa shape index (κ2) is 6.05. The average Bonchev–Trinajstić information content (AvgIpc) is 2.76. The summed E-state index contributed by atoms with van der Waals surface area (Å²) in [7, 11) is 0. The first kappa shape index (κ1) is 14.4. The highest BCUT2D eigenvalue weighted by molar-refractivity contribution is 9.10. The first-order valence-electron chi connectivity index (χ1n) is 6.38. The molecule has 0 radical (unpaired) electrons. The molecule has 1 aliphatic rings. The zero-order valence-electron chi connectivity index (χ0n) is 11.0. The number of nitrogens with one attached hydrogen (secondary N) is 1. The summed E-state index contributed by atoms with van der Waals surface area (Å²) in [6, 6.07) is 15.1. The highest BCUT2D eigenvalue weighted by atomic mass is 79.9. The SMILES string of the molecule is O=C1Nc2ccc(Br)cc2C1=C[S+]([O-])Cc1ccccc1. The lowest BCUT2D eigenvalue weighted by atomic mass is 10.1. The zero-order valence-corrected chi connectivity index (χ0v) is 13.4. The summed E-state index contributed by atoms with van der Waals surface area (Å²) in [6.07, 6.45) is 0.